The van der Waals surface area contributed by atoms with Crippen LogP contribution in [0.15, 0.2) is 24.3 Å². The van der Waals surface area contributed by atoms with E-state index in [0.29, 0.717) is 0 Å². The molecule has 0 saturated heterocycles. The smallest absolute Gasteiger partial charge is 0.396 e. The summed E-state index contributed by atoms with van der Waals surface area (Å²) in [7, 11) is 0. The van der Waals surface area contributed by atoms with E-state index in [1.807, 2.05) is 0 Å². The van der Waals surface area contributed by atoms with Crippen LogP contribution in [0, 0.1) is 12.3 Å². The van der Waals surface area contributed by atoms with Crippen LogP contribution >= 0.6 is 0 Å². The van der Waals surface area contributed by atoms with E-state index in [1.54, 1.807) is 0 Å². The van der Waals surface area contributed by atoms with Gasteiger partial charge in [-0.25, -0.2) is 0 Å². The number of alkyl halides is 3. The fraction of sp³-hybridized carbons (Fsp3) is 0.250. The SMILES string of the molecule is C#Cc1ccccc1C(CC(=O)O)C(F)(F)F. The quantitative estimate of drug-likeness (QED) is 0.827. The lowest BCUT2D eigenvalue weighted by Gasteiger charge is -2.20. The first-order valence-electron chi connectivity index (χ1n) is 4.70. The molecule has 1 rings (SSSR count). The van der Waals surface area contributed by atoms with Crippen molar-refractivity contribution in [1.29, 1.82) is 0 Å². The first-order valence-corrected chi connectivity index (χ1v) is 4.70. The van der Waals surface area contributed by atoms with Gasteiger partial charge in [0.2, 0.25) is 0 Å². The Morgan fingerprint density at radius 3 is 2.47 bits per heavy atom. The molecule has 17 heavy (non-hydrogen) atoms. The summed E-state index contributed by atoms with van der Waals surface area (Å²) >= 11 is 0. The highest BCUT2D eigenvalue weighted by atomic mass is 19.4. The number of benzene rings is 1. The summed E-state index contributed by atoms with van der Waals surface area (Å²) in [6.45, 7) is 0. The highest BCUT2D eigenvalue weighted by molar-refractivity contribution is 5.68. The first-order chi connectivity index (χ1) is 7.86. The minimum absolute atomic E-state index is 0.0658. The lowest BCUT2D eigenvalue weighted by atomic mass is 9.91. The second-order valence-electron chi connectivity index (χ2n) is 3.42. The van der Waals surface area contributed by atoms with E-state index in [9.17, 15) is 18.0 Å². The molecule has 0 bridgehead atoms. The van der Waals surface area contributed by atoms with Gasteiger partial charge in [-0.2, -0.15) is 13.2 Å². The summed E-state index contributed by atoms with van der Waals surface area (Å²) < 4.78 is 38.3. The number of rotatable bonds is 3. The van der Waals surface area contributed by atoms with Gasteiger partial charge in [-0.15, -0.1) is 6.42 Å². The molecule has 2 nitrogen and oxygen atoms in total. The standard InChI is InChI=1S/C12H9F3O2/c1-2-8-5-3-4-6-9(8)10(7-11(16)17)12(13,14)15/h1,3-6,10H,7H2,(H,16,17). The first kappa shape index (κ1) is 13.1. The van der Waals surface area contributed by atoms with Crippen molar-refractivity contribution in [2.75, 3.05) is 0 Å². The monoisotopic (exact) mass is 242 g/mol. The molecule has 0 spiro atoms. The maximum atomic E-state index is 12.8. The minimum Gasteiger partial charge on any atom is -0.481 e. The minimum atomic E-state index is -4.63. The summed E-state index contributed by atoms with van der Waals surface area (Å²) in [6.07, 6.45) is -0.561. The van der Waals surface area contributed by atoms with Crippen LogP contribution in [0.3, 0.4) is 0 Å². The predicted octanol–water partition coefficient (Wildman–Crippen LogP) is 2.79. The van der Waals surface area contributed by atoms with Gasteiger partial charge in [0.1, 0.15) is 0 Å². The zero-order chi connectivity index (χ0) is 13.1. The second kappa shape index (κ2) is 4.91. The van der Waals surface area contributed by atoms with E-state index in [-0.39, 0.29) is 11.1 Å². The van der Waals surface area contributed by atoms with Crippen molar-refractivity contribution in [1.82, 2.24) is 0 Å². The molecule has 0 aliphatic carbocycles. The Morgan fingerprint density at radius 2 is 2.00 bits per heavy atom. The fourth-order valence-electron chi connectivity index (χ4n) is 1.51. The molecule has 0 saturated carbocycles. The molecule has 90 valence electrons. The Labute approximate surface area is 96.1 Å². The van der Waals surface area contributed by atoms with Crippen molar-refractivity contribution in [3.8, 4) is 12.3 Å². The molecule has 1 aromatic rings. The third-order valence-corrected chi connectivity index (χ3v) is 2.27. The van der Waals surface area contributed by atoms with Crippen LogP contribution in [0.1, 0.15) is 23.5 Å². The Kier molecular flexibility index (Phi) is 3.79. The van der Waals surface area contributed by atoms with Crippen LogP contribution < -0.4 is 0 Å². The maximum Gasteiger partial charge on any atom is 0.396 e. The van der Waals surface area contributed by atoms with Crippen LogP contribution in [0.2, 0.25) is 0 Å². The predicted molar refractivity (Wildman–Crippen MR) is 55.4 cm³/mol. The zero-order valence-electron chi connectivity index (χ0n) is 8.66. The van der Waals surface area contributed by atoms with Gasteiger partial charge in [0, 0.05) is 5.56 Å². The molecule has 1 N–H and O–H groups in total. The molecule has 0 radical (unpaired) electrons. The van der Waals surface area contributed by atoms with E-state index in [4.69, 9.17) is 11.5 Å². The Morgan fingerprint density at radius 1 is 1.41 bits per heavy atom. The van der Waals surface area contributed by atoms with Crippen molar-refractivity contribution in [3.63, 3.8) is 0 Å². The fourth-order valence-corrected chi connectivity index (χ4v) is 1.51. The van der Waals surface area contributed by atoms with Crippen LogP contribution in [-0.4, -0.2) is 17.3 Å². The molecule has 0 amide bonds. The average molecular weight is 242 g/mol. The van der Waals surface area contributed by atoms with Gasteiger partial charge in [-0.05, 0) is 11.6 Å². The topological polar surface area (TPSA) is 37.3 Å². The van der Waals surface area contributed by atoms with Gasteiger partial charge in [0.15, 0.2) is 0 Å². The number of terminal acetylenes is 1. The number of halogens is 3. The maximum absolute atomic E-state index is 12.8. The van der Waals surface area contributed by atoms with Crippen LogP contribution in [-0.2, 0) is 4.79 Å². The largest absolute Gasteiger partial charge is 0.481 e. The number of carbonyl (C=O) groups is 1. The summed E-state index contributed by atoms with van der Waals surface area (Å²) in [5.74, 6) is -1.46. The molecule has 0 aliphatic heterocycles. The second-order valence-corrected chi connectivity index (χ2v) is 3.42. The number of carboxylic acid groups (broad SMARTS) is 1. The third-order valence-electron chi connectivity index (χ3n) is 2.27. The van der Waals surface area contributed by atoms with Gasteiger partial charge in [0.25, 0.3) is 0 Å². The number of hydrogen-bond acceptors (Lipinski definition) is 1. The third kappa shape index (κ3) is 3.25. The number of hydrogen-bond donors (Lipinski definition) is 1. The lowest BCUT2D eigenvalue weighted by molar-refractivity contribution is -0.163. The molecular weight excluding hydrogens is 233 g/mol. The Balaban J connectivity index is 3.23. The molecular formula is C12H9F3O2. The molecule has 0 heterocycles. The van der Waals surface area contributed by atoms with Crippen molar-refractivity contribution in [3.05, 3.63) is 35.4 Å². The number of aliphatic carboxylic acids is 1. The van der Waals surface area contributed by atoms with Gasteiger partial charge in [0.05, 0.1) is 12.3 Å². The van der Waals surface area contributed by atoms with Crippen molar-refractivity contribution < 1.29 is 23.1 Å². The van der Waals surface area contributed by atoms with E-state index in [1.165, 1.54) is 24.3 Å². The highest BCUT2D eigenvalue weighted by Crippen LogP contribution is 2.38. The van der Waals surface area contributed by atoms with Crippen molar-refractivity contribution in [2.45, 2.75) is 18.5 Å². The molecule has 0 aliphatic rings. The van der Waals surface area contributed by atoms with Crippen molar-refractivity contribution in [2.24, 2.45) is 0 Å². The van der Waals surface area contributed by atoms with Gasteiger partial charge >= 0.3 is 12.1 Å². The summed E-state index contributed by atoms with van der Waals surface area (Å²) in [6, 6.07) is 5.47. The number of carboxylic acids is 1. The average Bonchev–Trinajstić information content (AvgIpc) is 2.24. The van der Waals surface area contributed by atoms with E-state index < -0.39 is 24.5 Å². The van der Waals surface area contributed by atoms with Crippen LogP contribution in [0.5, 0.6) is 0 Å². The highest BCUT2D eigenvalue weighted by Gasteiger charge is 2.42. The van der Waals surface area contributed by atoms with E-state index >= 15 is 0 Å². The molecule has 0 fully saturated rings. The van der Waals surface area contributed by atoms with Gasteiger partial charge in [-0.3, -0.25) is 4.79 Å². The van der Waals surface area contributed by atoms with Crippen LogP contribution in [0.4, 0.5) is 13.2 Å². The lowest BCUT2D eigenvalue weighted by Crippen LogP contribution is -2.24. The normalized spacial score (nSPS) is 12.8. The van der Waals surface area contributed by atoms with Gasteiger partial charge in [-0.1, -0.05) is 24.1 Å². The molecule has 1 unspecified atom stereocenters. The Hall–Kier alpha value is -1.96. The van der Waals surface area contributed by atoms with E-state index in [2.05, 4.69) is 5.92 Å². The summed E-state index contributed by atoms with van der Waals surface area (Å²) in [5.41, 5.74) is -0.110. The molecule has 0 aromatic heterocycles. The van der Waals surface area contributed by atoms with E-state index in [0.717, 1.165) is 0 Å². The van der Waals surface area contributed by atoms with Crippen LogP contribution in [0.25, 0.3) is 0 Å². The van der Waals surface area contributed by atoms with Gasteiger partial charge < -0.3 is 5.11 Å². The molecule has 1 aromatic carbocycles. The summed E-state index contributed by atoms with van der Waals surface area (Å²) in [4.78, 5) is 10.5. The molecule has 5 heteroatoms. The Bertz CT molecular complexity index is 458. The van der Waals surface area contributed by atoms with Crippen molar-refractivity contribution >= 4 is 5.97 Å². The zero-order valence-corrected chi connectivity index (χ0v) is 8.66. The summed E-state index contributed by atoms with van der Waals surface area (Å²) in [5, 5.41) is 8.52. The molecule has 1 atom stereocenters.